The number of likely N-dealkylation sites (N-methyl/N-ethyl adjacent to an activating group) is 1. The highest BCUT2D eigenvalue weighted by Gasteiger charge is 2.13. The molecule has 0 aromatic rings. The molecule has 0 saturated heterocycles. The van der Waals surface area contributed by atoms with E-state index in [9.17, 15) is 5.11 Å². The topological polar surface area (TPSA) is 38.7 Å². The Morgan fingerprint density at radius 1 is 0.947 bits per heavy atom. The van der Waals surface area contributed by atoms with E-state index in [1.165, 1.54) is 13.0 Å². The van der Waals surface area contributed by atoms with Crippen LogP contribution in [0.25, 0.3) is 0 Å². The lowest BCUT2D eigenvalue weighted by Crippen LogP contribution is -2.46. The Morgan fingerprint density at radius 2 is 1.47 bits per heavy atom. The molecule has 116 valence electrons. The number of aliphatic hydroxyl groups is 1. The maximum Gasteiger partial charge on any atom is 0.0597 e. The van der Waals surface area contributed by atoms with Gasteiger partial charge in [0, 0.05) is 18.6 Å². The van der Waals surface area contributed by atoms with Crippen LogP contribution >= 0.6 is 0 Å². The molecule has 0 aliphatic rings. The molecule has 0 amide bonds. The Morgan fingerprint density at radius 3 is 1.89 bits per heavy atom. The van der Waals surface area contributed by atoms with Crippen molar-refractivity contribution in [2.24, 2.45) is 0 Å². The fourth-order valence-electron chi connectivity index (χ4n) is 2.38. The second kappa shape index (κ2) is 11.6. The minimum absolute atomic E-state index is 0.188. The van der Waals surface area contributed by atoms with Gasteiger partial charge in [-0.15, -0.1) is 0 Å². The van der Waals surface area contributed by atoms with E-state index in [-0.39, 0.29) is 12.6 Å². The van der Waals surface area contributed by atoms with E-state index in [2.05, 4.69) is 49.7 Å². The van der Waals surface area contributed by atoms with Crippen molar-refractivity contribution < 1.29 is 5.11 Å². The van der Waals surface area contributed by atoms with Crippen molar-refractivity contribution in [3.63, 3.8) is 0 Å². The quantitative estimate of drug-likeness (QED) is 0.564. The fraction of sp³-hybridized carbons (Fsp3) is 1.00. The first kappa shape index (κ1) is 18.8. The highest BCUT2D eigenvalue weighted by Crippen LogP contribution is 1.98. The van der Waals surface area contributed by atoms with E-state index in [1.807, 2.05) is 0 Å². The number of aliphatic hydroxyl groups excluding tert-OH is 1. The second-order valence-corrected chi connectivity index (χ2v) is 5.47. The van der Waals surface area contributed by atoms with Gasteiger partial charge in [-0.3, -0.25) is 0 Å². The SMILES string of the molecule is CCN(CC)CCCN(CC)CC(CO)NC(C)C. The number of hydrogen-bond acceptors (Lipinski definition) is 4. The Balaban J connectivity index is 3.98. The average molecular weight is 273 g/mol. The van der Waals surface area contributed by atoms with Gasteiger partial charge in [-0.1, -0.05) is 34.6 Å². The normalized spacial score (nSPS) is 13.7. The average Bonchev–Trinajstić information content (AvgIpc) is 2.40. The summed E-state index contributed by atoms with van der Waals surface area (Å²) in [6.07, 6.45) is 1.20. The molecule has 0 aromatic carbocycles. The highest BCUT2D eigenvalue weighted by atomic mass is 16.3. The Bertz CT molecular complexity index is 196. The Kier molecular flexibility index (Phi) is 11.6. The summed E-state index contributed by atoms with van der Waals surface area (Å²) in [5, 5.41) is 12.8. The third kappa shape index (κ3) is 9.38. The summed E-state index contributed by atoms with van der Waals surface area (Å²) in [7, 11) is 0. The van der Waals surface area contributed by atoms with Gasteiger partial charge in [-0.2, -0.15) is 0 Å². The molecule has 1 unspecified atom stereocenters. The molecular formula is C15H35N3O. The molecule has 2 N–H and O–H groups in total. The van der Waals surface area contributed by atoms with Crippen LogP contribution in [-0.4, -0.2) is 72.9 Å². The van der Waals surface area contributed by atoms with Crippen molar-refractivity contribution >= 4 is 0 Å². The van der Waals surface area contributed by atoms with Crippen LogP contribution in [0.3, 0.4) is 0 Å². The molecule has 0 heterocycles. The summed E-state index contributed by atoms with van der Waals surface area (Å²) in [4.78, 5) is 4.89. The molecule has 0 spiro atoms. The minimum Gasteiger partial charge on any atom is -0.395 e. The standard InChI is InChI=1S/C15H35N3O/c1-6-17(7-2)10-9-11-18(8-3)12-15(13-19)16-14(4)5/h14-16,19H,6-13H2,1-5H3. The van der Waals surface area contributed by atoms with Gasteiger partial charge in [0.05, 0.1) is 6.61 Å². The summed E-state index contributed by atoms with van der Waals surface area (Å²) in [5.41, 5.74) is 0. The first-order valence-electron chi connectivity index (χ1n) is 7.88. The zero-order valence-electron chi connectivity index (χ0n) is 13.7. The van der Waals surface area contributed by atoms with Crippen LogP contribution in [0.15, 0.2) is 0 Å². The summed E-state index contributed by atoms with van der Waals surface area (Å²) in [5.74, 6) is 0. The van der Waals surface area contributed by atoms with Crippen LogP contribution in [0.4, 0.5) is 0 Å². The van der Waals surface area contributed by atoms with Gasteiger partial charge in [0.2, 0.25) is 0 Å². The van der Waals surface area contributed by atoms with Crippen molar-refractivity contribution in [3.05, 3.63) is 0 Å². The van der Waals surface area contributed by atoms with Crippen LogP contribution in [0.1, 0.15) is 41.0 Å². The molecule has 0 aliphatic heterocycles. The maximum atomic E-state index is 9.41. The van der Waals surface area contributed by atoms with E-state index < -0.39 is 0 Å². The van der Waals surface area contributed by atoms with E-state index in [0.29, 0.717) is 6.04 Å². The van der Waals surface area contributed by atoms with Gasteiger partial charge < -0.3 is 20.2 Å². The molecular weight excluding hydrogens is 238 g/mol. The Labute approximate surface area is 120 Å². The van der Waals surface area contributed by atoms with Gasteiger partial charge in [-0.25, -0.2) is 0 Å². The smallest absolute Gasteiger partial charge is 0.0597 e. The van der Waals surface area contributed by atoms with Crippen molar-refractivity contribution in [2.75, 3.05) is 45.9 Å². The van der Waals surface area contributed by atoms with Crippen LogP contribution in [0.5, 0.6) is 0 Å². The molecule has 0 rings (SSSR count). The highest BCUT2D eigenvalue weighted by molar-refractivity contribution is 4.73. The third-order valence-electron chi connectivity index (χ3n) is 3.56. The van der Waals surface area contributed by atoms with Gasteiger partial charge in [0.15, 0.2) is 0 Å². The molecule has 0 fully saturated rings. The van der Waals surface area contributed by atoms with Gasteiger partial charge in [-0.05, 0) is 39.1 Å². The van der Waals surface area contributed by atoms with E-state index in [0.717, 1.165) is 32.7 Å². The predicted molar refractivity (Wildman–Crippen MR) is 83.7 cm³/mol. The lowest BCUT2D eigenvalue weighted by molar-refractivity contribution is 0.173. The molecule has 1 atom stereocenters. The summed E-state index contributed by atoms with van der Waals surface area (Å²) < 4.78 is 0. The summed E-state index contributed by atoms with van der Waals surface area (Å²) in [6.45, 7) is 17.6. The van der Waals surface area contributed by atoms with Crippen LogP contribution in [-0.2, 0) is 0 Å². The van der Waals surface area contributed by atoms with E-state index >= 15 is 0 Å². The van der Waals surface area contributed by atoms with E-state index in [4.69, 9.17) is 0 Å². The molecule has 19 heavy (non-hydrogen) atoms. The zero-order chi connectivity index (χ0) is 14.7. The number of hydrogen-bond donors (Lipinski definition) is 2. The Hall–Kier alpha value is -0.160. The maximum absolute atomic E-state index is 9.41. The lowest BCUT2D eigenvalue weighted by Gasteiger charge is -2.28. The fourth-order valence-corrected chi connectivity index (χ4v) is 2.38. The van der Waals surface area contributed by atoms with Gasteiger partial charge >= 0.3 is 0 Å². The first-order valence-corrected chi connectivity index (χ1v) is 7.88. The molecule has 0 radical (unpaired) electrons. The number of nitrogens with zero attached hydrogens (tertiary/aromatic N) is 2. The minimum atomic E-state index is 0.188. The zero-order valence-corrected chi connectivity index (χ0v) is 13.7. The van der Waals surface area contributed by atoms with E-state index in [1.54, 1.807) is 0 Å². The van der Waals surface area contributed by atoms with Crippen LogP contribution in [0, 0.1) is 0 Å². The van der Waals surface area contributed by atoms with Gasteiger partial charge in [0.1, 0.15) is 0 Å². The molecule has 0 aliphatic carbocycles. The molecule has 4 heteroatoms. The van der Waals surface area contributed by atoms with Crippen LogP contribution < -0.4 is 5.32 Å². The van der Waals surface area contributed by atoms with Crippen molar-refractivity contribution in [1.29, 1.82) is 0 Å². The second-order valence-electron chi connectivity index (χ2n) is 5.47. The van der Waals surface area contributed by atoms with Crippen molar-refractivity contribution in [3.8, 4) is 0 Å². The molecule has 4 nitrogen and oxygen atoms in total. The van der Waals surface area contributed by atoms with Gasteiger partial charge in [0.25, 0.3) is 0 Å². The molecule has 0 saturated carbocycles. The number of nitrogens with one attached hydrogen (secondary N) is 1. The monoisotopic (exact) mass is 273 g/mol. The first-order chi connectivity index (χ1) is 9.07. The summed E-state index contributed by atoms with van der Waals surface area (Å²) >= 11 is 0. The van der Waals surface area contributed by atoms with Crippen molar-refractivity contribution in [1.82, 2.24) is 15.1 Å². The third-order valence-corrected chi connectivity index (χ3v) is 3.56. The van der Waals surface area contributed by atoms with Crippen molar-refractivity contribution in [2.45, 2.75) is 53.1 Å². The lowest BCUT2D eigenvalue weighted by atomic mass is 10.2. The summed E-state index contributed by atoms with van der Waals surface area (Å²) in [6, 6.07) is 0.611. The molecule has 0 bridgehead atoms. The van der Waals surface area contributed by atoms with Crippen LogP contribution in [0.2, 0.25) is 0 Å². The largest absolute Gasteiger partial charge is 0.395 e. The number of rotatable bonds is 12. The predicted octanol–water partition coefficient (Wildman–Crippen LogP) is 1.40. The molecule has 0 aromatic heterocycles.